The quantitative estimate of drug-likeness (QED) is 0.539. The van der Waals surface area contributed by atoms with Crippen LogP contribution < -0.4 is 5.43 Å². The number of carbonyl (C=O) groups excluding carboxylic acids is 1. The predicted molar refractivity (Wildman–Crippen MR) is 100 cm³/mol. The monoisotopic (exact) mass is 347 g/mol. The molecule has 0 atom stereocenters. The number of nitrogens with zero attached hydrogens (tertiary/aromatic N) is 2. The Morgan fingerprint density at radius 1 is 0.880 bits per heavy atom. The van der Waals surface area contributed by atoms with Gasteiger partial charge in [-0.1, -0.05) is 54.1 Å². The summed E-state index contributed by atoms with van der Waals surface area (Å²) in [5, 5.41) is 0.654. The molecule has 25 heavy (non-hydrogen) atoms. The molecule has 0 unspecified atom stereocenters. The maximum Gasteiger partial charge on any atom is 0.230 e. The van der Waals surface area contributed by atoms with Gasteiger partial charge in [0.2, 0.25) is 11.6 Å². The summed E-state index contributed by atoms with van der Waals surface area (Å²) in [6.45, 7) is 0. The highest BCUT2D eigenvalue weighted by molar-refractivity contribution is 6.30. The van der Waals surface area contributed by atoms with Crippen LogP contribution in [-0.4, -0.2) is 15.4 Å². The minimum absolute atomic E-state index is 0.140. The molecule has 0 bridgehead atoms. The molecular formula is C20H14ClN3O. The van der Waals surface area contributed by atoms with Gasteiger partial charge in [-0.2, -0.15) is 0 Å². The number of aromatic nitrogens is 2. The summed E-state index contributed by atoms with van der Waals surface area (Å²) in [5.74, 6) is 0.195. The Kier molecular flexibility index (Phi) is 3.96. The van der Waals surface area contributed by atoms with Crippen LogP contribution in [0.25, 0.3) is 11.0 Å². The molecule has 4 rings (SSSR count). The van der Waals surface area contributed by atoms with Crippen LogP contribution in [0.1, 0.15) is 16.2 Å². The van der Waals surface area contributed by atoms with Crippen molar-refractivity contribution in [3.63, 3.8) is 0 Å². The number of imidazole rings is 1. The van der Waals surface area contributed by atoms with Crippen molar-refractivity contribution in [1.82, 2.24) is 9.66 Å². The Morgan fingerprint density at radius 2 is 1.56 bits per heavy atom. The van der Waals surface area contributed by atoms with E-state index in [0.29, 0.717) is 16.4 Å². The first-order valence-corrected chi connectivity index (χ1v) is 8.20. The molecule has 1 N–H and O–H groups in total. The van der Waals surface area contributed by atoms with Crippen molar-refractivity contribution in [2.45, 2.75) is 0 Å². The Labute approximate surface area is 149 Å². The fourth-order valence-corrected chi connectivity index (χ4v) is 2.79. The highest BCUT2D eigenvalue weighted by Crippen LogP contribution is 2.20. The van der Waals surface area contributed by atoms with Crippen molar-refractivity contribution < 1.29 is 4.79 Å². The SMILES string of the molecule is O=C(c1ccccc1)c1nc2ccccc2n1Nc1ccc(Cl)cc1. The van der Waals surface area contributed by atoms with Crippen molar-refractivity contribution in [2.75, 3.05) is 5.43 Å². The fourth-order valence-electron chi connectivity index (χ4n) is 2.66. The number of nitrogens with one attached hydrogen (secondary N) is 1. The lowest BCUT2D eigenvalue weighted by Crippen LogP contribution is -2.17. The normalized spacial score (nSPS) is 10.8. The van der Waals surface area contributed by atoms with Crippen molar-refractivity contribution in [2.24, 2.45) is 0 Å². The molecule has 4 aromatic rings. The minimum Gasteiger partial charge on any atom is -0.292 e. The summed E-state index contributed by atoms with van der Waals surface area (Å²) in [5.41, 5.74) is 6.24. The molecule has 0 spiro atoms. The Bertz CT molecular complexity index is 1040. The van der Waals surface area contributed by atoms with E-state index in [1.807, 2.05) is 54.6 Å². The summed E-state index contributed by atoms with van der Waals surface area (Å²) >= 11 is 5.95. The van der Waals surface area contributed by atoms with Crippen LogP contribution in [0.15, 0.2) is 78.9 Å². The van der Waals surface area contributed by atoms with Gasteiger partial charge in [0, 0.05) is 10.6 Å². The van der Waals surface area contributed by atoms with Gasteiger partial charge >= 0.3 is 0 Å². The van der Waals surface area contributed by atoms with Crippen LogP contribution in [0, 0.1) is 0 Å². The van der Waals surface area contributed by atoms with Crippen LogP contribution in [0.2, 0.25) is 5.02 Å². The molecule has 0 aliphatic carbocycles. The first-order chi connectivity index (χ1) is 12.2. The van der Waals surface area contributed by atoms with Crippen molar-refractivity contribution in [3.05, 3.63) is 95.3 Å². The third kappa shape index (κ3) is 2.99. The largest absolute Gasteiger partial charge is 0.292 e. The maximum atomic E-state index is 12.9. The zero-order valence-corrected chi connectivity index (χ0v) is 13.9. The third-order valence-electron chi connectivity index (χ3n) is 3.88. The average molecular weight is 348 g/mol. The Hall–Kier alpha value is -3.11. The van der Waals surface area contributed by atoms with Gasteiger partial charge in [0.1, 0.15) is 0 Å². The molecule has 0 fully saturated rings. The first kappa shape index (κ1) is 15.4. The second-order valence-corrected chi connectivity index (χ2v) is 6.01. The molecule has 122 valence electrons. The van der Waals surface area contributed by atoms with E-state index in [9.17, 15) is 4.79 Å². The number of anilines is 1. The number of benzene rings is 3. The van der Waals surface area contributed by atoms with Gasteiger partial charge in [-0.05, 0) is 36.4 Å². The van der Waals surface area contributed by atoms with E-state index < -0.39 is 0 Å². The van der Waals surface area contributed by atoms with Crippen molar-refractivity contribution >= 4 is 34.1 Å². The van der Waals surface area contributed by atoms with E-state index in [1.165, 1.54) is 0 Å². The van der Waals surface area contributed by atoms with Gasteiger partial charge in [0.05, 0.1) is 16.7 Å². The van der Waals surface area contributed by atoms with Crippen LogP contribution in [0.3, 0.4) is 0 Å². The van der Waals surface area contributed by atoms with Crippen LogP contribution >= 0.6 is 11.6 Å². The van der Waals surface area contributed by atoms with Crippen LogP contribution in [0.4, 0.5) is 5.69 Å². The van der Waals surface area contributed by atoms with Crippen molar-refractivity contribution in [3.8, 4) is 0 Å². The van der Waals surface area contributed by atoms with Gasteiger partial charge in [0.15, 0.2) is 0 Å². The third-order valence-corrected chi connectivity index (χ3v) is 4.14. The standard InChI is InChI=1S/C20H14ClN3O/c21-15-10-12-16(13-11-15)23-24-18-9-5-4-8-17(18)22-20(24)19(25)14-6-2-1-3-7-14/h1-13,23H. The van der Waals surface area contributed by atoms with Gasteiger partial charge in [-0.25, -0.2) is 9.66 Å². The number of para-hydroxylation sites is 2. The zero-order chi connectivity index (χ0) is 17.2. The highest BCUT2D eigenvalue weighted by Gasteiger charge is 2.19. The molecule has 5 heteroatoms. The number of carbonyl (C=O) groups is 1. The molecule has 0 aliphatic heterocycles. The van der Waals surface area contributed by atoms with Crippen LogP contribution in [0.5, 0.6) is 0 Å². The highest BCUT2D eigenvalue weighted by atomic mass is 35.5. The number of hydrogen-bond acceptors (Lipinski definition) is 3. The predicted octanol–water partition coefficient (Wildman–Crippen LogP) is 4.80. The average Bonchev–Trinajstić information content (AvgIpc) is 3.02. The molecule has 0 aliphatic rings. The second-order valence-electron chi connectivity index (χ2n) is 5.57. The lowest BCUT2D eigenvalue weighted by atomic mass is 10.1. The topological polar surface area (TPSA) is 46.9 Å². The molecule has 0 saturated carbocycles. The Balaban J connectivity index is 1.83. The summed E-state index contributed by atoms with van der Waals surface area (Å²) in [6, 6.07) is 24.1. The summed E-state index contributed by atoms with van der Waals surface area (Å²) < 4.78 is 1.72. The number of hydrogen-bond donors (Lipinski definition) is 1. The molecule has 4 nitrogen and oxygen atoms in total. The molecule has 1 aromatic heterocycles. The van der Waals surface area contributed by atoms with E-state index in [0.717, 1.165) is 16.7 Å². The molecule has 0 radical (unpaired) electrons. The fraction of sp³-hybridized carbons (Fsp3) is 0. The van der Waals surface area contributed by atoms with Gasteiger partial charge in [0.25, 0.3) is 0 Å². The molecular weight excluding hydrogens is 334 g/mol. The number of ketones is 1. The minimum atomic E-state index is -0.140. The number of halogens is 1. The van der Waals surface area contributed by atoms with Crippen LogP contribution in [-0.2, 0) is 0 Å². The lowest BCUT2D eigenvalue weighted by molar-refractivity contribution is 0.102. The van der Waals surface area contributed by atoms with Crippen molar-refractivity contribution in [1.29, 1.82) is 0 Å². The maximum absolute atomic E-state index is 12.9. The lowest BCUT2D eigenvalue weighted by Gasteiger charge is -2.12. The molecule has 3 aromatic carbocycles. The van der Waals surface area contributed by atoms with E-state index in [2.05, 4.69) is 10.4 Å². The van der Waals surface area contributed by atoms with Gasteiger partial charge in [-0.3, -0.25) is 10.2 Å². The Morgan fingerprint density at radius 3 is 2.32 bits per heavy atom. The first-order valence-electron chi connectivity index (χ1n) is 7.82. The number of rotatable bonds is 4. The van der Waals surface area contributed by atoms with E-state index in [1.54, 1.807) is 28.9 Å². The van der Waals surface area contributed by atoms with E-state index in [-0.39, 0.29) is 5.78 Å². The number of fused-ring (bicyclic) bond motifs is 1. The zero-order valence-electron chi connectivity index (χ0n) is 13.2. The summed E-state index contributed by atoms with van der Waals surface area (Å²) in [6.07, 6.45) is 0. The van der Waals surface area contributed by atoms with Gasteiger partial charge < -0.3 is 0 Å². The molecule has 0 amide bonds. The summed E-state index contributed by atoms with van der Waals surface area (Å²) in [7, 11) is 0. The van der Waals surface area contributed by atoms with E-state index in [4.69, 9.17) is 11.6 Å². The molecule has 1 heterocycles. The van der Waals surface area contributed by atoms with E-state index >= 15 is 0 Å². The molecule has 0 saturated heterocycles. The van der Waals surface area contributed by atoms with Gasteiger partial charge in [-0.15, -0.1) is 0 Å². The smallest absolute Gasteiger partial charge is 0.230 e. The second kappa shape index (κ2) is 6.42. The summed E-state index contributed by atoms with van der Waals surface area (Å²) in [4.78, 5) is 17.5.